The average molecular weight is 246 g/mol. The van der Waals surface area contributed by atoms with Crippen molar-refractivity contribution in [2.24, 2.45) is 0 Å². The Morgan fingerprint density at radius 3 is 2.15 bits per heavy atom. The van der Waals surface area contributed by atoms with Gasteiger partial charge in [-0.2, -0.15) is 0 Å². The molecule has 0 bridgehead atoms. The third kappa shape index (κ3) is 12.4. The van der Waals surface area contributed by atoms with Gasteiger partial charge >= 0.3 is 0 Å². The van der Waals surface area contributed by atoms with Gasteiger partial charge in [-0.3, -0.25) is 0 Å². The molecule has 0 spiro atoms. The first-order valence-corrected chi connectivity index (χ1v) is 5.55. The Hall–Kier alpha value is 0.410. The second-order valence-electron chi connectivity index (χ2n) is 2.95. The van der Waals surface area contributed by atoms with Crippen molar-refractivity contribution in [2.75, 3.05) is 0 Å². The van der Waals surface area contributed by atoms with Gasteiger partial charge < -0.3 is 5.11 Å². The lowest BCUT2D eigenvalue weighted by Gasteiger charge is -2.09. The van der Waals surface area contributed by atoms with Crippen LogP contribution in [0.15, 0.2) is 12.3 Å². The van der Waals surface area contributed by atoms with Crippen LogP contribution < -0.4 is 0 Å². The van der Waals surface area contributed by atoms with Crippen molar-refractivity contribution in [1.29, 1.82) is 0 Å². The maximum atomic E-state index is 8.34. The Morgan fingerprint density at radius 2 is 1.62 bits per heavy atom. The summed E-state index contributed by atoms with van der Waals surface area (Å²) in [6.45, 7) is 0. The fourth-order valence-electron chi connectivity index (χ4n) is 1.02. The number of allylic oxidation sites excluding steroid dienone is 1. The summed E-state index contributed by atoms with van der Waals surface area (Å²) in [5.74, 6) is 0. The van der Waals surface area contributed by atoms with Crippen LogP contribution in [0.5, 0.6) is 0 Å². The number of aliphatic hydroxyl groups is 1. The van der Waals surface area contributed by atoms with E-state index >= 15 is 0 Å². The molecule has 0 atom stereocenters. The lowest BCUT2D eigenvalue weighted by atomic mass is 10.1. The Labute approximate surface area is 94.7 Å². The summed E-state index contributed by atoms with van der Waals surface area (Å²) in [4.78, 5) is 0. The van der Waals surface area contributed by atoms with Gasteiger partial charge in [-0.1, -0.05) is 53.7 Å². The molecule has 0 unspecified atom stereocenters. The molecule has 1 N–H and O–H groups in total. The molecule has 4 heteroatoms. The maximum absolute atomic E-state index is 8.34. The number of hydrogen-bond donors (Lipinski definition) is 1. The van der Waals surface area contributed by atoms with Crippen LogP contribution in [-0.2, 0) is 0 Å². The molecule has 0 aromatic heterocycles. The zero-order valence-corrected chi connectivity index (χ0v) is 9.75. The van der Waals surface area contributed by atoms with Crippen LogP contribution in [0, 0.1) is 0 Å². The van der Waals surface area contributed by atoms with Gasteiger partial charge in [0.1, 0.15) is 0 Å². The molecule has 0 saturated heterocycles. The van der Waals surface area contributed by atoms with Gasteiger partial charge in [0.15, 0.2) is 3.79 Å². The molecule has 0 aromatic carbocycles. The second kappa shape index (κ2) is 7.78. The smallest absolute Gasteiger partial charge is 0.190 e. The van der Waals surface area contributed by atoms with Crippen molar-refractivity contribution in [1.82, 2.24) is 0 Å². The van der Waals surface area contributed by atoms with Gasteiger partial charge in [-0.15, -0.1) is 0 Å². The monoisotopic (exact) mass is 244 g/mol. The van der Waals surface area contributed by atoms with Crippen molar-refractivity contribution in [3.63, 3.8) is 0 Å². The number of hydrogen-bond acceptors (Lipinski definition) is 1. The average Bonchev–Trinajstić information content (AvgIpc) is 2.01. The summed E-state index contributed by atoms with van der Waals surface area (Å²) in [7, 11) is 0. The second-order valence-corrected chi connectivity index (χ2v) is 5.47. The molecule has 0 heterocycles. The summed E-state index contributed by atoms with van der Waals surface area (Å²) >= 11 is 16.7. The van der Waals surface area contributed by atoms with E-state index < -0.39 is 3.79 Å². The van der Waals surface area contributed by atoms with Crippen molar-refractivity contribution < 1.29 is 5.11 Å². The molecule has 0 fully saturated rings. The summed E-state index contributed by atoms with van der Waals surface area (Å²) in [6, 6.07) is 0. The van der Waals surface area contributed by atoms with Gasteiger partial charge in [0.05, 0.1) is 6.26 Å². The SMILES string of the molecule is OC=CCCCCCCC(Cl)(Cl)Cl. The van der Waals surface area contributed by atoms with Crippen LogP contribution >= 0.6 is 34.8 Å². The zero-order valence-electron chi connectivity index (χ0n) is 7.48. The van der Waals surface area contributed by atoms with Gasteiger partial charge in [0, 0.05) is 0 Å². The highest BCUT2D eigenvalue weighted by Gasteiger charge is 2.17. The summed E-state index contributed by atoms with van der Waals surface area (Å²) < 4.78 is -1.09. The first kappa shape index (κ1) is 13.4. The zero-order chi connectivity index (χ0) is 10.2. The van der Waals surface area contributed by atoms with E-state index in [1.165, 1.54) is 0 Å². The molecule has 0 radical (unpaired) electrons. The van der Waals surface area contributed by atoms with Crippen molar-refractivity contribution in [3.8, 4) is 0 Å². The number of halogens is 3. The molecule has 0 aliphatic carbocycles. The van der Waals surface area contributed by atoms with Crippen molar-refractivity contribution in [3.05, 3.63) is 12.3 Å². The third-order valence-corrected chi connectivity index (χ3v) is 2.25. The molecule has 0 aliphatic rings. The minimum atomic E-state index is -1.09. The Morgan fingerprint density at radius 1 is 1.00 bits per heavy atom. The maximum Gasteiger partial charge on any atom is 0.190 e. The summed E-state index contributed by atoms with van der Waals surface area (Å²) in [5.41, 5.74) is 0. The highest BCUT2D eigenvalue weighted by molar-refractivity contribution is 6.67. The van der Waals surface area contributed by atoms with E-state index in [2.05, 4.69) is 0 Å². The third-order valence-electron chi connectivity index (χ3n) is 1.69. The van der Waals surface area contributed by atoms with Crippen LogP contribution in [0.2, 0.25) is 0 Å². The first-order valence-electron chi connectivity index (χ1n) is 4.42. The molecule has 13 heavy (non-hydrogen) atoms. The highest BCUT2D eigenvalue weighted by Crippen LogP contribution is 2.32. The molecule has 0 saturated carbocycles. The normalized spacial score (nSPS) is 12.5. The Bertz CT molecular complexity index is 140. The van der Waals surface area contributed by atoms with Crippen LogP contribution in [0.25, 0.3) is 0 Å². The van der Waals surface area contributed by atoms with Crippen LogP contribution in [0.4, 0.5) is 0 Å². The van der Waals surface area contributed by atoms with Gasteiger partial charge in [-0.05, 0) is 25.7 Å². The molecule has 0 aromatic rings. The molecule has 0 rings (SSSR count). The Balaban J connectivity index is 3.09. The fraction of sp³-hybridized carbons (Fsp3) is 0.778. The topological polar surface area (TPSA) is 20.2 Å². The first-order chi connectivity index (χ1) is 6.06. The van der Waals surface area contributed by atoms with E-state index in [0.29, 0.717) is 6.42 Å². The lowest BCUT2D eigenvalue weighted by Crippen LogP contribution is -2.00. The van der Waals surface area contributed by atoms with E-state index in [1.54, 1.807) is 6.08 Å². The molecule has 78 valence electrons. The van der Waals surface area contributed by atoms with E-state index in [1.807, 2.05) is 0 Å². The fourth-order valence-corrected chi connectivity index (χ4v) is 1.42. The standard InChI is InChI=1S/C9H15Cl3O/c10-9(11,12)7-5-3-1-2-4-6-8-13/h6,8,13H,1-5,7H2. The van der Waals surface area contributed by atoms with Gasteiger partial charge in [-0.25, -0.2) is 0 Å². The van der Waals surface area contributed by atoms with E-state index in [4.69, 9.17) is 39.9 Å². The number of alkyl halides is 3. The molecule has 1 nitrogen and oxygen atoms in total. The Kier molecular flexibility index (Phi) is 8.03. The molecular formula is C9H15Cl3O. The minimum Gasteiger partial charge on any atom is -0.516 e. The van der Waals surface area contributed by atoms with Gasteiger partial charge in [0.25, 0.3) is 0 Å². The van der Waals surface area contributed by atoms with E-state index in [0.717, 1.165) is 38.4 Å². The van der Waals surface area contributed by atoms with Gasteiger partial charge in [0.2, 0.25) is 0 Å². The lowest BCUT2D eigenvalue weighted by molar-refractivity contribution is 0.469. The minimum absolute atomic E-state index is 0.619. The van der Waals surface area contributed by atoms with E-state index in [-0.39, 0.29) is 0 Å². The molecular weight excluding hydrogens is 230 g/mol. The molecule has 0 aliphatic heterocycles. The number of rotatable bonds is 6. The van der Waals surface area contributed by atoms with Crippen LogP contribution in [0.1, 0.15) is 38.5 Å². The predicted octanol–water partition coefficient (Wildman–Crippen LogP) is 4.77. The predicted molar refractivity (Wildman–Crippen MR) is 59.8 cm³/mol. The highest BCUT2D eigenvalue weighted by atomic mass is 35.6. The van der Waals surface area contributed by atoms with Crippen molar-refractivity contribution >= 4 is 34.8 Å². The van der Waals surface area contributed by atoms with Crippen LogP contribution in [-0.4, -0.2) is 8.90 Å². The summed E-state index contributed by atoms with van der Waals surface area (Å²) in [5, 5.41) is 8.34. The number of unbranched alkanes of at least 4 members (excludes halogenated alkanes) is 4. The number of aliphatic hydroxyl groups excluding tert-OH is 1. The van der Waals surface area contributed by atoms with Crippen molar-refractivity contribution in [2.45, 2.75) is 42.3 Å². The quantitative estimate of drug-likeness (QED) is 0.406. The largest absolute Gasteiger partial charge is 0.516 e. The molecule has 0 amide bonds. The van der Waals surface area contributed by atoms with Crippen LogP contribution in [0.3, 0.4) is 0 Å². The summed E-state index contributed by atoms with van der Waals surface area (Å²) in [6.07, 6.45) is 8.59. The van der Waals surface area contributed by atoms with E-state index in [9.17, 15) is 0 Å².